The zero-order valence-corrected chi connectivity index (χ0v) is 39.2. The van der Waals surface area contributed by atoms with Crippen molar-refractivity contribution in [1.29, 1.82) is 0 Å². The highest BCUT2D eigenvalue weighted by Gasteiger charge is 2.44. The number of aliphatic hydroxyl groups excluding tert-OH is 1. The number of β-amino-alcohol motifs (C(OH)–C–C–N with tert-alkyl or cyclic N) is 1. The Morgan fingerprint density at radius 1 is 1.03 bits per heavy atom. The van der Waals surface area contributed by atoms with E-state index in [1.54, 1.807) is 36.9 Å². The Morgan fingerprint density at radius 2 is 1.80 bits per heavy atom. The Labute approximate surface area is 388 Å². The monoisotopic (exact) mass is 917 g/mol. The lowest BCUT2D eigenvalue weighted by molar-refractivity contribution is -0.144. The van der Waals surface area contributed by atoms with Gasteiger partial charge in [-0.25, -0.2) is 15.0 Å². The molecule has 0 bridgehead atoms. The summed E-state index contributed by atoms with van der Waals surface area (Å²) in [5.41, 5.74) is 5.98. The number of nitrogens with zero attached hydrogens (tertiary/aromatic N) is 8. The lowest BCUT2D eigenvalue weighted by atomic mass is 9.85. The second-order valence-electron chi connectivity index (χ2n) is 18.5. The van der Waals surface area contributed by atoms with Crippen molar-refractivity contribution in [2.75, 3.05) is 25.1 Å². The van der Waals surface area contributed by atoms with E-state index in [0.29, 0.717) is 29.6 Å². The van der Waals surface area contributed by atoms with Gasteiger partial charge >= 0.3 is 0 Å². The van der Waals surface area contributed by atoms with E-state index in [4.69, 9.17) is 14.7 Å². The first kappa shape index (κ1) is 46.3. The summed E-state index contributed by atoms with van der Waals surface area (Å²) in [4.78, 5) is 73.4. The number of hydrogen-bond acceptors (Lipinski definition) is 13. The predicted molar refractivity (Wildman–Crippen MR) is 249 cm³/mol. The largest absolute Gasteiger partial charge is 0.496 e. The van der Waals surface area contributed by atoms with Crippen LogP contribution >= 0.6 is 11.3 Å². The van der Waals surface area contributed by atoms with Crippen molar-refractivity contribution in [2.24, 2.45) is 5.41 Å². The molecule has 0 unspecified atom stereocenters. The van der Waals surface area contributed by atoms with Crippen molar-refractivity contribution in [3.8, 4) is 21.9 Å². The number of hydrogen-bond donors (Lipinski definition) is 4. The van der Waals surface area contributed by atoms with Gasteiger partial charge in [0.1, 0.15) is 35.7 Å². The average Bonchev–Trinajstić information content (AvgIpc) is 4.15. The van der Waals surface area contributed by atoms with E-state index >= 15 is 0 Å². The lowest BCUT2D eigenvalue weighted by Crippen LogP contribution is -2.57. The van der Waals surface area contributed by atoms with Crippen LogP contribution in [0.5, 0.6) is 5.75 Å². The number of methoxy groups -OCH3 is 1. The smallest absolute Gasteiger partial charge is 0.251 e. The molecule has 4 amide bonds. The third-order valence-corrected chi connectivity index (χ3v) is 13.8. The molecule has 18 heteroatoms. The van der Waals surface area contributed by atoms with E-state index in [1.807, 2.05) is 74.3 Å². The number of aliphatic hydroxyl groups is 1. The number of ether oxygens (including phenoxy) is 1. The van der Waals surface area contributed by atoms with Gasteiger partial charge in [-0.05, 0) is 54.9 Å². The van der Waals surface area contributed by atoms with Crippen LogP contribution in [0.2, 0.25) is 0 Å². The van der Waals surface area contributed by atoms with Crippen LogP contribution in [0.25, 0.3) is 16.1 Å². The third kappa shape index (κ3) is 9.79. The van der Waals surface area contributed by atoms with Gasteiger partial charge in [0, 0.05) is 56.1 Å². The van der Waals surface area contributed by atoms with Crippen molar-refractivity contribution < 1.29 is 29.0 Å². The number of thiazole rings is 1. The summed E-state index contributed by atoms with van der Waals surface area (Å²) >= 11 is 1.57. The topological polar surface area (TPSA) is 210 Å². The molecule has 5 heterocycles. The standard InChI is InChI=1S/C48H59N11O6S/c1-7-35-44-56-53-26-58(44)37-24-50-39(54-43(37)59(35)33-10-8-9-11-33)21-31-16-17-32(20-38(31)65-6)45(62)49-19-18-40(61)55-42(48(3,4)5)47(64)57-25-34(60)22-36(57)46(63)51-23-29-12-14-30(15-13-29)41-28(2)52-27-66-41/h12-17,20,24,26-27,33-36,42,60H,7-11,18-19,21-23,25H2,1-6H3,(H,49,62)(H,51,63)(H,55,61)/t34-,35-,36+,42-/m1/s1. The first-order valence-electron chi connectivity index (χ1n) is 22.8. The Hall–Kier alpha value is -6.27. The van der Waals surface area contributed by atoms with E-state index in [1.165, 1.54) is 17.7 Å². The van der Waals surface area contributed by atoms with Crippen molar-refractivity contribution in [3.05, 3.63) is 94.5 Å². The van der Waals surface area contributed by atoms with Gasteiger partial charge in [0.05, 0.1) is 41.5 Å². The van der Waals surface area contributed by atoms with E-state index in [0.717, 1.165) is 63.9 Å². The van der Waals surface area contributed by atoms with Crippen molar-refractivity contribution in [3.63, 3.8) is 0 Å². The minimum Gasteiger partial charge on any atom is -0.496 e. The highest BCUT2D eigenvalue weighted by Crippen LogP contribution is 2.42. The van der Waals surface area contributed by atoms with E-state index < -0.39 is 41.3 Å². The van der Waals surface area contributed by atoms with Crippen LogP contribution < -0.4 is 25.6 Å². The maximum Gasteiger partial charge on any atom is 0.251 e. The summed E-state index contributed by atoms with van der Waals surface area (Å²) in [6, 6.07) is 11.6. The molecule has 1 saturated carbocycles. The Kier molecular flexibility index (Phi) is 13.8. The van der Waals surface area contributed by atoms with Crippen LogP contribution in [-0.2, 0) is 27.3 Å². The number of carbonyl (C=O) groups excluding carboxylic acids is 4. The fourth-order valence-corrected chi connectivity index (χ4v) is 10.2. The number of carbonyl (C=O) groups is 4. The fraction of sp³-hybridized carbons (Fsp3) is 0.479. The molecule has 1 aliphatic carbocycles. The molecule has 0 spiro atoms. The van der Waals surface area contributed by atoms with Crippen LogP contribution in [-0.4, -0.2) is 108 Å². The number of rotatable bonds is 15. The minimum absolute atomic E-state index is 0.00537. The van der Waals surface area contributed by atoms with Gasteiger partial charge in [-0.3, -0.25) is 23.7 Å². The van der Waals surface area contributed by atoms with E-state index in [-0.39, 0.29) is 44.4 Å². The van der Waals surface area contributed by atoms with Gasteiger partial charge in [0.25, 0.3) is 5.91 Å². The van der Waals surface area contributed by atoms with Gasteiger partial charge in [-0.2, -0.15) is 0 Å². The Bertz CT molecular complexity index is 2570. The Balaban J connectivity index is 0.862. The quantitative estimate of drug-likeness (QED) is 0.106. The molecule has 2 fully saturated rings. The molecule has 4 atom stereocenters. The second kappa shape index (κ2) is 19.7. The molecular formula is C48H59N11O6S. The number of benzene rings is 2. The maximum absolute atomic E-state index is 14.1. The number of aryl methyl sites for hydroxylation is 1. The summed E-state index contributed by atoms with van der Waals surface area (Å²) in [6.45, 7) is 9.82. The summed E-state index contributed by atoms with van der Waals surface area (Å²) < 4.78 is 7.74. The van der Waals surface area contributed by atoms with E-state index in [2.05, 4.69) is 43.0 Å². The molecule has 0 radical (unpaired) electrons. The molecule has 4 N–H and O–H groups in total. The minimum atomic E-state index is -1.00. The molecular weight excluding hydrogens is 859 g/mol. The predicted octanol–water partition coefficient (Wildman–Crippen LogP) is 5.23. The number of fused-ring (bicyclic) bond motifs is 3. The van der Waals surface area contributed by atoms with Crippen LogP contribution in [0.4, 0.5) is 5.82 Å². The molecule has 2 aromatic carbocycles. The average molecular weight is 918 g/mol. The highest BCUT2D eigenvalue weighted by molar-refractivity contribution is 7.13. The van der Waals surface area contributed by atoms with Crippen molar-refractivity contribution >= 4 is 40.8 Å². The number of anilines is 1. The SMILES string of the molecule is CC[C@@H]1c2nncn2-c2cnc(Cc3ccc(C(=O)NCCC(=O)N[C@H](C(=O)N4C[C@H](O)C[C@H]4C(=O)NCc4ccc(-c5scnc5C)cc4)C(C)(C)C)cc3OC)nc2N1C1CCCC1. The fourth-order valence-electron chi connectivity index (χ4n) is 9.37. The summed E-state index contributed by atoms with van der Waals surface area (Å²) in [5.74, 6) is 1.22. The molecule has 8 rings (SSSR count). The van der Waals surface area contributed by atoms with Crippen LogP contribution in [0.15, 0.2) is 60.5 Å². The van der Waals surface area contributed by atoms with Crippen molar-refractivity contribution in [1.82, 2.24) is 50.6 Å². The lowest BCUT2D eigenvalue weighted by Gasteiger charge is -2.40. The molecule has 66 heavy (non-hydrogen) atoms. The molecule has 3 aromatic heterocycles. The van der Waals surface area contributed by atoms with Gasteiger partial charge < -0.3 is 35.6 Å². The molecule has 1 saturated heterocycles. The van der Waals surface area contributed by atoms with Gasteiger partial charge in [-0.1, -0.05) is 70.9 Å². The number of likely N-dealkylation sites (tertiary alicyclic amines) is 1. The van der Waals surface area contributed by atoms with Crippen LogP contribution in [0, 0.1) is 12.3 Å². The maximum atomic E-state index is 14.1. The van der Waals surface area contributed by atoms with Gasteiger partial charge in [0.2, 0.25) is 17.7 Å². The first-order valence-corrected chi connectivity index (χ1v) is 23.7. The van der Waals surface area contributed by atoms with Gasteiger partial charge in [0.15, 0.2) is 11.6 Å². The molecule has 17 nitrogen and oxygen atoms in total. The molecule has 348 valence electrons. The van der Waals surface area contributed by atoms with Crippen molar-refractivity contribution in [2.45, 2.75) is 123 Å². The zero-order chi connectivity index (χ0) is 46.7. The Morgan fingerprint density at radius 3 is 2.50 bits per heavy atom. The second-order valence-corrected chi connectivity index (χ2v) is 19.3. The summed E-state index contributed by atoms with van der Waals surface area (Å²) in [7, 11) is 1.55. The highest BCUT2D eigenvalue weighted by atomic mass is 32.1. The zero-order valence-electron chi connectivity index (χ0n) is 38.4. The first-order chi connectivity index (χ1) is 31.7. The molecule has 5 aromatic rings. The van der Waals surface area contributed by atoms with E-state index in [9.17, 15) is 24.3 Å². The number of nitrogens with one attached hydrogen (secondary N) is 3. The van der Waals surface area contributed by atoms with Gasteiger partial charge in [-0.15, -0.1) is 21.5 Å². The number of aromatic nitrogens is 6. The summed E-state index contributed by atoms with van der Waals surface area (Å²) in [5, 5.41) is 27.9. The number of amides is 4. The normalized spacial score (nSPS) is 18.7. The third-order valence-electron chi connectivity index (χ3n) is 12.9. The molecule has 2 aliphatic heterocycles. The van der Waals surface area contributed by atoms with Crippen LogP contribution in [0.1, 0.15) is 118 Å². The molecule has 3 aliphatic rings. The van der Waals surface area contributed by atoms with Crippen LogP contribution in [0.3, 0.4) is 0 Å². The summed E-state index contributed by atoms with van der Waals surface area (Å²) in [6.07, 6.45) is 8.45.